The van der Waals surface area contributed by atoms with Crippen LogP contribution in [-0.4, -0.2) is 40.9 Å². The Hall–Kier alpha value is -1.37. The highest BCUT2D eigenvalue weighted by Crippen LogP contribution is 2.26. The molecule has 0 saturated heterocycles. The second kappa shape index (κ2) is 7.26. The Kier molecular flexibility index (Phi) is 5.61. The van der Waals surface area contributed by atoms with E-state index in [0.29, 0.717) is 16.1 Å². The van der Waals surface area contributed by atoms with Gasteiger partial charge in [-0.25, -0.2) is 0 Å². The number of aliphatic hydroxyl groups is 1. The third-order valence-corrected chi connectivity index (χ3v) is 3.56. The predicted octanol–water partition coefficient (Wildman–Crippen LogP) is 3.63. The number of nitrogens with zero attached hydrogens (tertiary/aromatic N) is 2. The number of rotatable bonds is 6. The summed E-state index contributed by atoms with van der Waals surface area (Å²) < 4.78 is 38.0. The molecule has 0 aliphatic rings. The van der Waals surface area contributed by atoms with Crippen molar-refractivity contribution >= 4 is 22.5 Å². The van der Waals surface area contributed by atoms with E-state index in [2.05, 4.69) is 4.98 Å². The fourth-order valence-corrected chi connectivity index (χ4v) is 2.54. The summed E-state index contributed by atoms with van der Waals surface area (Å²) in [6.07, 6.45) is -2.41. The maximum absolute atomic E-state index is 12.7. The molecule has 1 aromatic heterocycles. The third kappa shape index (κ3) is 4.56. The van der Waals surface area contributed by atoms with Crippen molar-refractivity contribution in [1.82, 2.24) is 9.88 Å². The van der Waals surface area contributed by atoms with Crippen LogP contribution in [0.2, 0.25) is 5.02 Å². The zero-order valence-corrected chi connectivity index (χ0v) is 12.5. The van der Waals surface area contributed by atoms with Crippen LogP contribution in [0.3, 0.4) is 0 Å². The van der Waals surface area contributed by atoms with Gasteiger partial charge in [0, 0.05) is 36.3 Å². The van der Waals surface area contributed by atoms with E-state index in [-0.39, 0.29) is 26.1 Å². The quantitative estimate of drug-likeness (QED) is 0.877. The second-order valence-corrected chi connectivity index (χ2v) is 5.42. The molecule has 0 atom stereocenters. The Balaban J connectivity index is 2.27. The van der Waals surface area contributed by atoms with Crippen molar-refractivity contribution in [1.29, 1.82) is 0 Å². The first-order chi connectivity index (χ1) is 10.4. The molecular formula is C15H16ClF3N2O. The largest absolute Gasteiger partial charge is 0.401 e. The lowest BCUT2D eigenvalue weighted by atomic mass is 10.1. The van der Waals surface area contributed by atoms with Gasteiger partial charge in [-0.1, -0.05) is 17.7 Å². The van der Waals surface area contributed by atoms with Crippen LogP contribution in [0.5, 0.6) is 0 Å². The Morgan fingerprint density at radius 2 is 2.00 bits per heavy atom. The highest BCUT2D eigenvalue weighted by atomic mass is 35.5. The van der Waals surface area contributed by atoms with E-state index < -0.39 is 12.7 Å². The summed E-state index contributed by atoms with van der Waals surface area (Å²) in [5, 5.41) is 10.1. The Morgan fingerprint density at radius 1 is 1.23 bits per heavy atom. The topological polar surface area (TPSA) is 36.4 Å². The van der Waals surface area contributed by atoms with Crippen molar-refractivity contribution in [2.45, 2.75) is 19.1 Å². The SMILES string of the molecule is OCCCN(Cc1ccc(Cl)c2cccnc12)CC(F)(F)F. The van der Waals surface area contributed by atoms with Gasteiger partial charge in [0.15, 0.2) is 0 Å². The predicted molar refractivity (Wildman–Crippen MR) is 79.8 cm³/mol. The molecule has 0 spiro atoms. The molecule has 1 heterocycles. The summed E-state index contributed by atoms with van der Waals surface area (Å²) in [4.78, 5) is 5.49. The van der Waals surface area contributed by atoms with Crippen LogP contribution in [0.4, 0.5) is 13.2 Å². The van der Waals surface area contributed by atoms with Gasteiger partial charge in [0.05, 0.1) is 12.1 Å². The Bertz CT molecular complexity index is 634. The molecule has 1 aromatic carbocycles. The molecular weight excluding hydrogens is 317 g/mol. The number of hydrogen-bond acceptors (Lipinski definition) is 3. The zero-order chi connectivity index (χ0) is 16.2. The average molecular weight is 333 g/mol. The van der Waals surface area contributed by atoms with Crippen LogP contribution < -0.4 is 0 Å². The average Bonchev–Trinajstić information content (AvgIpc) is 2.46. The number of halogens is 4. The summed E-state index contributed by atoms with van der Waals surface area (Å²) in [7, 11) is 0. The summed E-state index contributed by atoms with van der Waals surface area (Å²) >= 11 is 6.09. The van der Waals surface area contributed by atoms with Crippen molar-refractivity contribution < 1.29 is 18.3 Å². The van der Waals surface area contributed by atoms with E-state index >= 15 is 0 Å². The van der Waals surface area contributed by atoms with Crippen molar-refractivity contribution in [3.63, 3.8) is 0 Å². The number of hydrogen-bond donors (Lipinski definition) is 1. The second-order valence-electron chi connectivity index (χ2n) is 5.01. The van der Waals surface area contributed by atoms with Crippen LogP contribution >= 0.6 is 11.6 Å². The fourth-order valence-electron chi connectivity index (χ4n) is 2.33. The standard InChI is InChI=1S/C15H16ClF3N2O/c16-13-5-4-11(14-12(13)3-1-6-20-14)9-21(7-2-8-22)10-15(17,18)19/h1,3-6,22H,2,7-10H2. The van der Waals surface area contributed by atoms with E-state index in [1.165, 1.54) is 4.90 Å². The maximum Gasteiger partial charge on any atom is 0.401 e. The van der Waals surface area contributed by atoms with Gasteiger partial charge in [0.1, 0.15) is 0 Å². The number of aromatic nitrogens is 1. The molecule has 0 saturated carbocycles. The Labute approximate surface area is 131 Å². The molecule has 2 rings (SSSR count). The third-order valence-electron chi connectivity index (χ3n) is 3.23. The number of alkyl halides is 3. The van der Waals surface area contributed by atoms with Gasteiger partial charge in [-0.15, -0.1) is 0 Å². The van der Waals surface area contributed by atoms with E-state index in [1.807, 2.05) is 0 Å². The lowest BCUT2D eigenvalue weighted by molar-refractivity contribution is -0.147. The van der Waals surface area contributed by atoms with Crippen molar-refractivity contribution in [3.8, 4) is 0 Å². The van der Waals surface area contributed by atoms with Crippen molar-refractivity contribution in [3.05, 3.63) is 41.0 Å². The molecule has 3 nitrogen and oxygen atoms in total. The molecule has 1 N–H and O–H groups in total. The highest BCUT2D eigenvalue weighted by molar-refractivity contribution is 6.35. The summed E-state index contributed by atoms with van der Waals surface area (Å²) in [6.45, 7) is -0.908. The molecule has 0 aliphatic heterocycles. The van der Waals surface area contributed by atoms with Gasteiger partial charge in [-0.2, -0.15) is 13.2 Å². The minimum Gasteiger partial charge on any atom is -0.396 e. The number of pyridine rings is 1. The van der Waals surface area contributed by atoms with E-state index in [9.17, 15) is 13.2 Å². The van der Waals surface area contributed by atoms with Crippen LogP contribution in [0.1, 0.15) is 12.0 Å². The Morgan fingerprint density at radius 3 is 2.68 bits per heavy atom. The van der Waals surface area contributed by atoms with Gasteiger partial charge < -0.3 is 5.11 Å². The molecule has 0 unspecified atom stereocenters. The number of fused-ring (bicyclic) bond motifs is 1. The fraction of sp³-hybridized carbons (Fsp3) is 0.400. The van der Waals surface area contributed by atoms with E-state index in [0.717, 1.165) is 5.39 Å². The number of benzene rings is 1. The van der Waals surface area contributed by atoms with Crippen LogP contribution in [-0.2, 0) is 6.54 Å². The van der Waals surface area contributed by atoms with Gasteiger partial charge >= 0.3 is 6.18 Å². The molecule has 0 amide bonds. The number of aliphatic hydroxyl groups excluding tert-OH is 1. The highest BCUT2D eigenvalue weighted by Gasteiger charge is 2.30. The lowest BCUT2D eigenvalue weighted by Gasteiger charge is -2.24. The van der Waals surface area contributed by atoms with Crippen molar-refractivity contribution in [2.24, 2.45) is 0 Å². The monoisotopic (exact) mass is 332 g/mol. The summed E-state index contributed by atoms with van der Waals surface area (Å²) in [5.74, 6) is 0. The molecule has 120 valence electrons. The van der Waals surface area contributed by atoms with Gasteiger partial charge in [0.25, 0.3) is 0 Å². The summed E-state index contributed by atoms with van der Waals surface area (Å²) in [5.41, 5.74) is 1.29. The van der Waals surface area contributed by atoms with E-state index in [4.69, 9.17) is 16.7 Å². The van der Waals surface area contributed by atoms with E-state index in [1.54, 1.807) is 30.5 Å². The van der Waals surface area contributed by atoms with Gasteiger partial charge in [-0.05, 0) is 30.2 Å². The molecule has 0 radical (unpaired) electrons. The van der Waals surface area contributed by atoms with Crippen LogP contribution in [0, 0.1) is 0 Å². The zero-order valence-electron chi connectivity index (χ0n) is 11.8. The molecule has 0 aliphatic carbocycles. The van der Waals surface area contributed by atoms with Gasteiger partial charge in [-0.3, -0.25) is 9.88 Å². The van der Waals surface area contributed by atoms with Gasteiger partial charge in [0.2, 0.25) is 0 Å². The normalized spacial score (nSPS) is 12.3. The molecule has 0 bridgehead atoms. The lowest BCUT2D eigenvalue weighted by Crippen LogP contribution is -2.35. The minimum atomic E-state index is -4.29. The van der Waals surface area contributed by atoms with Crippen molar-refractivity contribution in [2.75, 3.05) is 19.7 Å². The molecule has 22 heavy (non-hydrogen) atoms. The first-order valence-corrected chi connectivity index (χ1v) is 7.20. The molecule has 0 fully saturated rings. The maximum atomic E-state index is 12.7. The molecule has 7 heteroatoms. The van der Waals surface area contributed by atoms with Crippen LogP contribution in [0.15, 0.2) is 30.5 Å². The first-order valence-electron chi connectivity index (χ1n) is 6.83. The molecule has 2 aromatic rings. The first kappa shape index (κ1) is 17.0. The van der Waals surface area contributed by atoms with Crippen LogP contribution in [0.25, 0.3) is 10.9 Å². The minimum absolute atomic E-state index is 0.101. The smallest absolute Gasteiger partial charge is 0.396 e. The summed E-state index contributed by atoms with van der Waals surface area (Å²) in [6, 6.07) is 6.88.